The second-order valence-corrected chi connectivity index (χ2v) is 7.48. The van der Waals surface area contributed by atoms with E-state index in [1.165, 1.54) is 11.3 Å². The fraction of sp³-hybridized carbons (Fsp3) is 0.529. The molecule has 24 heavy (non-hydrogen) atoms. The lowest BCUT2D eigenvalue weighted by Crippen LogP contribution is -2.29. The average molecular weight is 344 g/mol. The van der Waals surface area contributed by atoms with E-state index in [1.54, 1.807) is 0 Å². The molecule has 1 N–H and O–H groups in total. The maximum atomic E-state index is 12.6. The first-order valence-electron chi connectivity index (χ1n) is 8.51. The normalized spacial score (nSPS) is 23.8. The zero-order valence-electron chi connectivity index (χ0n) is 13.4. The van der Waals surface area contributed by atoms with Crippen LogP contribution < -0.4 is 5.32 Å². The lowest BCUT2D eigenvalue weighted by atomic mass is 10.1. The summed E-state index contributed by atoms with van der Waals surface area (Å²) in [6.07, 6.45) is 5.84. The second kappa shape index (κ2) is 6.47. The number of carbonyl (C=O) groups is 2. The first kappa shape index (κ1) is 15.5. The van der Waals surface area contributed by atoms with Crippen molar-refractivity contribution in [1.82, 2.24) is 14.9 Å². The fourth-order valence-corrected chi connectivity index (χ4v) is 4.35. The van der Waals surface area contributed by atoms with Crippen LogP contribution in [0, 0.1) is 5.92 Å². The van der Waals surface area contributed by atoms with E-state index in [0.717, 1.165) is 67.5 Å². The summed E-state index contributed by atoms with van der Waals surface area (Å²) in [4.78, 5) is 35.3. The van der Waals surface area contributed by atoms with Crippen molar-refractivity contribution in [2.75, 3.05) is 18.4 Å². The van der Waals surface area contributed by atoms with E-state index >= 15 is 0 Å². The van der Waals surface area contributed by atoms with Gasteiger partial charge >= 0.3 is 0 Å². The van der Waals surface area contributed by atoms with Crippen molar-refractivity contribution in [3.05, 3.63) is 17.3 Å². The summed E-state index contributed by atoms with van der Waals surface area (Å²) in [6.45, 7) is 1.58. The molecule has 0 spiro atoms. The van der Waals surface area contributed by atoms with Crippen molar-refractivity contribution in [3.63, 3.8) is 0 Å². The van der Waals surface area contributed by atoms with Crippen LogP contribution in [0.15, 0.2) is 11.4 Å². The summed E-state index contributed by atoms with van der Waals surface area (Å²) in [6, 6.07) is 2.21. The van der Waals surface area contributed by atoms with Gasteiger partial charge in [0.1, 0.15) is 16.9 Å². The number of hydrogen-bond acceptors (Lipinski definition) is 6. The Labute approximate surface area is 144 Å². The molecule has 2 aromatic heterocycles. The summed E-state index contributed by atoms with van der Waals surface area (Å²) in [5, 5.41) is 6.37. The molecule has 2 fully saturated rings. The quantitative estimate of drug-likeness (QED) is 0.863. The third kappa shape index (κ3) is 2.88. The van der Waals surface area contributed by atoms with E-state index in [4.69, 9.17) is 0 Å². The summed E-state index contributed by atoms with van der Waals surface area (Å²) in [5.41, 5.74) is 0. The SMILES string of the molecule is O=C[C@H]1CC[C@@H](Nc2nc(C(=O)N3CCCC3)nc3sccc23)C1. The molecular formula is C17H20N4O2S. The predicted molar refractivity (Wildman–Crippen MR) is 93.4 cm³/mol. The summed E-state index contributed by atoms with van der Waals surface area (Å²) < 4.78 is 0. The van der Waals surface area contributed by atoms with Gasteiger partial charge in [-0.3, -0.25) is 4.79 Å². The van der Waals surface area contributed by atoms with Crippen molar-refractivity contribution in [2.45, 2.75) is 38.1 Å². The van der Waals surface area contributed by atoms with Gasteiger partial charge in [-0.25, -0.2) is 9.97 Å². The molecular weight excluding hydrogens is 324 g/mol. The lowest BCUT2D eigenvalue weighted by Gasteiger charge is -2.17. The Morgan fingerprint density at radius 2 is 2.12 bits per heavy atom. The van der Waals surface area contributed by atoms with E-state index in [2.05, 4.69) is 15.3 Å². The number of nitrogens with one attached hydrogen (secondary N) is 1. The van der Waals surface area contributed by atoms with Crippen molar-refractivity contribution in [1.29, 1.82) is 0 Å². The number of anilines is 1. The highest BCUT2D eigenvalue weighted by Crippen LogP contribution is 2.30. The Balaban J connectivity index is 1.62. The van der Waals surface area contributed by atoms with Crippen molar-refractivity contribution in [3.8, 4) is 0 Å². The largest absolute Gasteiger partial charge is 0.367 e. The zero-order valence-corrected chi connectivity index (χ0v) is 14.2. The molecule has 7 heteroatoms. The van der Waals surface area contributed by atoms with Gasteiger partial charge in [-0.1, -0.05) is 0 Å². The summed E-state index contributed by atoms with van der Waals surface area (Å²) >= 11 is 1.52. The number of nitrogens with zero attached hydrogens (tertiary/aromatic N) is 3. The molecule has 0 bridgehead atoms. The van der Waals surface area contributed by atoms with Crippen LogP contribution in [0.3, 0.4) is 0 Å². The molecule has 0 radical (unpaired) electrons. The molecule has 1 saturated carbocycles. The predicted octanol–water partition coefficient (Wildman–Crippen LogP) is 2.71. The Morgan fingerprint density at radius 1 is 1.29 bits per heavy atom. The molecule has 126 valence electrons. The van der Waals surface area contributed by atoms with Gasteiger partial charge in [0.2, 0.25) is 5.82 Å². The Kier molecular flexibility index (Phi) is 4.18. The molecule has 1 saturated heterocycles. The van der Waals surface area contributed by atoms with E-state index in [-0.39, 0.29) is 23.7 Å². The smallest absolute Gasteiger partial charge is 0.291 e. The van der Waals surface area contributed by atoms with Gasteiger partial charge in [-0.2, -0.15) is 0 Å². The molecule has 2 aromatic rings. The number of thiophene rings is 1. The number of amides is 1. The van der Waals surface area contributed by atoms with Crippen LogP contribution in [0.4, 0.5) is 5.82 Å². The molecule has 0 unspecified atom stereocenters. The minimum absolute atomic E-state index is 0.0805. The molecule has 2 atom stereocenters. The summed E-state index contributed by atoms with van der Waals surface area (Å²) in [5.74, 6) is 1.05. The van der Waals surface area contributed by atoms with Crippen LogP contribution in [0.1, 0.15) is 42.7 Å². The molecule has 1 aliphatic heterocycles. The number of fused-ring (bicyclic) bond motifs is 1. The minimum atomic E-state index is -0.0805. The molecule has 1 aliphatic carbocycles. The zero-order chi connectivity index (χ0) is 16.5. The maximum absolute atomic E-state index is 12.6. The first-order chi connectivity index (χ1) is 11.7. The van der Waals surface area contributed by atoms with Crippen molar-refractivity contribution in [2.24, 2.45) is 5.92 Å². The lowest BCUT2D eigenvalue weighted by molar-refractivity contribution is -0.110. The van der Waals surface area contributed by atoms with Gasteiger partial charge in [0, 0.05) is 25.0 Å². The number of rotatable bonds is 4. The molecule has 6 nitrogen and oxygen atoms in total. The topological polar surface area (TPSA) is 75.2 Å². The molecule has 1 amide bonds. The van der Waals surface area contributed by atoms with Crippen LogP contribution in [-0.2, 0) is 4.79 Å². The second-order valence-electron chi connectivity index (χ2n) is 6.59. The van der Waals surface area contributed by atoms with Gasteiger partial charge in [-0.05, 0) is 43.6 Å². The first-order valence-corrected chi connectivity index (χ1v) is 9.39. The van der Waals surface area contributed by atoms with E-state index in [9.17, 15) is 9.59 Å². The molecule has 0 aromatic carbocycles. The van der Waals surface area contributed by atoms with E-state index in [1.807, 2.05) is 16.3 Å². The third-order valence-corrected chi connectivity index (χ3v) is 5.72. The monoisotopic (exact) mass is 344 g/mol. The standard InChI is InChI=1S/C17H20N4O2S/c22-10-11-3-4-12(9-11)18-14-13-5-8-24-16(13)20-15(19-14)17(23)21-6-1-2-7-21/h5,8,10-12H,1-4,6-7,9H2,(H,18,19,20)/t11-,12+/m0/s1. The number of aldehydes is 1. The highest BCUT2D eigenvalue weighted by molar-refractivity contribution is 7.16. The number of carbonyl (C=O) groups excluding carboxylic acids is 2. The molecule has 2 aliphatic rings. The highest BCUT2D eigenvalue weighted by Gasteiger charge is 2.27. The van der Waals surface area contributed by atoms with E-state index in [0.29, 0.717) is 0 Å². The molecule has 3 heterocycles. The van der Waals surface area contributed by atoms with Crippen LogP contribution in [0.5, 0.6) is 0 Å². The van der Waals surface area contributed by atoms with Gasteiger partial charge in [-0.15, -0.1) is 11.3 Å². The number of hydrogen-bond donors (Lipinski definition) is 1. The van der Waals surface area contributed by atoms with Crippen LogP contribution in [0.2, 0.25) is 0 Å². The van der Waals surface area contributed by atoms with Gasteiger partial charge in [0.05, 0.1) is 5.39 Å². The van der Waals surface area contributed by atoms with Crippen LogP contribution >= 0.6 is 11.3 Å². The average Bonchev–Trinajstić information content (AvgIpc) is 3.34. The Bertz CT molecular complexity index is 769. The van der Waals surface area contributed by atoms with Crippen molar-refractivity contribution >= 4 is 39.6 Å². The maximum Gasteiger partial charge on any atom is 0.291 e. The van der Waals surface area contributed by atoms with Crippen molar-refractivity contribution < 1.29 is 9.59 Å². The van der Waals surface area contributed by atoms with E-state index < -0.39 is 0 Å². The minimum Gasteiger partial charge on any atom is -0.367 e. The highest BCUT2D eigenvalue weighted by atomic mass is 32.1. The Hall–Kier alpha value is -2.02. The Morgan fingerprint density at radius 3 is 2.88 bits per heavy atom. The van der Waals surface area contributed by atoms with Gasteiger partial charge in [0.15, 0.2) is 0 Å². The summed E-state index contributed by atoms with van der Waals surface area (Å²) in [7, 11) is 0. The fourth-order valence-electron chi connectivity index (χ4n) is 3.59. The van der Waals surface area contributed by atoms with Gasteiger partial charge < -0.3 is 15.0 Å². The number of likely N-dealkylation sites (tertiary alicyclic amines) is 1. The van der Waals surface area contributed by atoms with Crippen LogP contribution in [0.25, 0.3) is 10.2 Å². The third-order valence-electron chi connectivity index (χ3n) is 4.92. The molecule has 4 rings (SSSR count). The van der Waals surface area contributed by atoms with Crippen LogP contribution in [-0.4, -0.2) is 46.2 Å². The number of aromatic nitrogens is 2. The van der Waals surface area contributed by atoms with Gasteiger partial charge in [0.25, 0.3) is 5.91 Å².